The second-order valence-corrected chi connectivity index (χ2v) is 6.18. The van der Waals surface area contributed by atoms with Gasteiger partial charge in [0.1, 0.15) is 11.6 Å². The number of pyridine rings is 1. The third kappa shape index (κ3) is 4.14. The molecule has 1 aliphatic rings. The lowest BCUT2D eigenvalue weighted by Crippen LogP contribution is -2.38. The first-order valence-electron chi connectivity index (χ1n) is 8.95. The second kappa shape index (κ2) is 8.67. The van der Waals surface area contributed by atoms with E-state index in [4.69, 9.17) is 9.47 Å². The van der Waals surface area contributed by atoms with Gasteiger partial charge in [-0.1, -0.05) is 19.1 Å². The molecule has 1 atom stereocenters. The SMILES string of the molecule is CCC(NC(=O)c1cccnc1N1CCOCC1)c1ccc(OC)cc1. The maximum absolute atomic E-state index is 12.9. The number of methoxy groups -OCH3 is 1. The van der Waals surface area contributed by atoms with Gasteiger partial charge in [0.2, 0.25) is 0 Å². The summed E-state index contributed by atoms with van der Waals surface area (Å²) < 4.78 is 10.6. The number of nitrogens with zero attached hydrogens (tertiary/aromatic N) is 2. The maximum atomic E-state index is 12.9. The number of amides is 1. The molecule has 0 radical (unpaired) electrons. The molecule has 0 spiro atoms. The van der Waals surface area contributed by atoms with E-state index in [0.29, 0.717) is 18.8 Å². The Labute approximate surface area is 154 Å². The highest BCUT2D eigenvalue weighted by Crippen LogP contribution is 2.23. The summed E-state index contributed by atoms with van der Waals surface area (Å²) in [6, 6.07) is 11.4. The minimum Gasteiger partial charge on any atom is -0.497 e. The molecule has 1 aliphatic heterocycles. The fraction of sp³-hybridized carbons (Fsp3) is 0.400. The normalized spacial score (nSPS) is 15.4. The minimum absolute atomic E-state index is 0.0637. The standard InChI is InChI=1S/C20H25N3O3/c1-3-18(15-6-8-16(25-2)9-7-15)22-20(24)17-5-4-10-21-19(17)23-11-13-26-14-12-23/h4-10,18H,3,11-14H2,1-2H3,(H,22,24). The predicted octanol–water partition coefficient (Wildman–Crippen LogP) is 2.81. The molecule has 1 aromatic carbocycles. The highest BCUT2D eigenvalue weighted by atomic mass is 16.5. The number of carbonyl (C=O) groups excluding carboxylic acids is 1. The van der Waals surface area contributed by atoms with E-state index in [-0.39, 0.29) is 11.9 Å². The third-order valence-electron chi connectivity index (χ3n) is 4.57. The van der Waals surface area contributed by atoms with Gasteiger partial charge >= 0.3 is 0 Å². The van der Waals surface area contributed by atoms with Crippen molar-refractivity contribution in [2.24, 2.45) is 0 Å². The van der Waals surface area contributed by atoms with Gasteiger partial charge in [0, 0.05) is 19.3 Å². The zero-order valence-electron chi connectivity index (χ0n) is 15.3. The van der Waals surface area contributed by atoms with Crippen LogP contribution in [0.2, 0.25) is 0 Å². The molecule has 1 saturated heterocycles. The van der Waals surface area contributed by atoms with Crippen LogP contribution in [0.25, 0.3) is 0 Å². The molecule has 0 bridgehead atoms. The van der Waals surface area contributed by atoms with Gasteiger partial charge in [0.25, 0.3) is 5.91 Å². The van der Waals surface area contributed by atoms with E-state index >= 15 is 0 Å². The van der Waals surface area contributed by atoms with Crippen molar-refractivity contribution in [2.45, 2.75) is 19.4 Å². The predicted molar refractivity (Wildman–Crippen MR) is 101 cm³/mol. The van der Waals surface area contributed by atoms with E-state index in [9.17, 15) is 4.79 Å². The number of nitrogens with one attached hydrogen (secondary N) is 1. The summed E-state index contributed by atoms with van der Waals surface area (Å²) in [7, 11) is 1.64. The topological polar surface area (TPSA) is 63.7 Å². The van der Waals surface area contributed by atoms with E-state index in [1.165, 1.54) is 0 Å². The van der Waals surface area contributed by atoms with Gasteiger partial charge in [-0.2, -0.15) is 0 Å². The van der Waals surface area contributed by atoms with Crippen molar-refractivity contribution in [1.29, 1.82) is 0 Å². The average Bonchev–Trinajstić information content (AvgIpc) is 2.72. The van der Waals surface area contributed by atoms with E-state index in [2.05, 4.69) is 22.1 Å². The summed E-state index contributed by atoms with van der Waals surface area (Å²) in [4.78, 5) is 19.5. The Morgan fingerprint density at radius 3 is 2.65 bits per heavy atom. The summed E-state index contributed by atoms with van der Waals surface area (Å²) in [6.07, 6.45) is 2.52. The number of hydrogen-bond acceptors (Lipinski definition) is 5. The molecule has 1 unspecified atom stereocenters. The van der Waals surface area contributed by atoms with Crippen LogP contribution in [0.4, 0.5) is 5.82 Å². The molecule has 26 heavy (non-hydrogen) atoms. The molecule has 1 amide bonds. The molecule has 138 valence electrons. The van der Waals surface area contributed by atoms with Crippen molar-refractivity contribution >= 4 is 11.7 Å². The van der Waals surface area contributed by atoms with Crippen LogP contribution in [0.5, 0.6) is 5.75 Å². The minimum atomic E-state index is -0.109. The van der Waals surface area contributed by atoms with Crippen molar-refractivity contribution in [3.8, 4) is 5.75 Å². The zero-order chi connectivity index (χ0) is 18.4. The van der Waals surface area contributed by atoms with E-state index < -0.39 is 0 Å². The molecular weight excluding hydrogens is 330 g/mol. The van der Waals surface area contributed by atoms with Crippen molar-refractivity contribution < 1.29 is 14.3 Å². The van der Waals surface area contributed by atoms with Crippen LogP contribution in [0.15, 0.2) is 42.6 Å². The first kappa shape index (κ1) is 18.2. The highest BCUT2D eigenvalue weighted by Gasteiger charge is 2.22. The molecule has 0 aliphatic carbocycles. The lowest BCUT2D eigenvalue weighted by Gasteiger charge is -2.29. The summed E-state index contributed by atoms with van der Waals surface area (Å²) in [6.45, 7) is 4.85. The number of ether oxygens (including phenoxy) is 2. The number of carbonyl (C=O) groups is 1. The third-order valence-corrected chi connectivity index (χ3v) is 4.57. The van der Waals surface area contributed by atoms with E-state index in [1.54, 1.807) is 19.4 Å². The molecule has 1 fully saturated rings. The van der Waals surface area contributed by atoms with Crippen LogP contribution in [0.3, 0.4) is 0 Å². The number of rotatable bonds is 6. The lowest BCUT2D eigenvalue weighted by atomic mass is 10.0. The van der Waals surface area contributed by atoms with Crippen LogP contribution in [-0.2, 0) is 4.74 Å². The van der Waals surface area contributed by atoms with Crippen molar-refractivity contribution in [1.82, 2.24) is 10.3 Å². The Balaban J connectivity index is 1.77. The average molecular weight is 355 g/mol. The number of aromatic nitrogens is 1. The van der Waals surface area contributed by atoms with Crippen molar-refractivity contribution in [2.75, 3.05) is 38.3 Å². The van der Waals surface area contributed by atoms with Gasteiger partial charge in [0.05, 0.1) is 31.9 Å². The van der Waals surface area contributed by atoms with Crippen LogP contribution in [-0.4, -0.2) is 44.3 Å². The Bertz CT molecular complexity index is 727. The molecule has 3 rings (SSSR count). The van der Waals surface area contributed by atoms with Crippen molar-refractivity contribution in [3.05, 3.63) is 53.7 Å². The van der Waals surface area contributed by atoms with Gasteiger partial charge < -0.3 is 19.7 Å². The number of benzene rings is 1. The molecule has 2 aromatic rings. The van der Waals surface area contributed by atoms with Gasteiger partial charge in [-0.25, -0.2) is 4.98 Å². The van der Waals surface area contributed by atoms with Gasteiger partial charge in [-0.05, 0) is 36.2 Å². The fourth-order valence-electron chi connectivity index (χ4n) is 3.09. The first-order valence-corrected chi connectivity index (χ1v) is 8.95. The smallest absolute Gasteiger partial charge is 0.255 e. The largest absolute Gasteiger partial charge is 0.497 e. The maximum Gasteiger partial charge on any atom is 0.255 e. The Kier molecular flexibility index (Phi) is 6.07. The van der Waals surface area contributed by atoms with Gasteiger partial charge in [-0.15, -0.1) is 0 Å². The molecule has 1 N–H and O–H groups in total. The number of anilines is 1. The molecule has 6 nitrogen and oxygen atoms in total. The molecule has 2 heterocycles. The lowest BCUT2D eigenvalue weighted by molar-refractivity contribution is 0.0933. The number of morpholine rings is 1. The van der Waals surface area contributed by atoms with Crippen LogP contribution in [0, 0.1) is 0 Å². The summed E-state index contributed by atoms with van der Waals surface area (Å²) >= 11 is 0. The molecular formula is C20H25N3O3. The summed E-state index contributed by atoms with van der Waals surface area (Å²) in [5.41, 5.74) is 1.65. The Hall–Kier alpha value is -2.60. The summed E-state index contributed by atoms with van der Waals surface area (Å²) in [5.74, 6) is 1.41. The molecule has 6 heteroatoms. The van der Waals surface area contributed by atoms with Gasteiger partial charge in [0.15, 0.2) is 0 Å². The number of hydrogen-bond donors (Lipinski definition) is 1. The Morgan fingerprint density at radius 1 is 1.27 bits per heavy atom. The summed E-state index contributed by atoms with van der Waals surface area (Å²) in [5, 5.41) is 3.14. The highest BCUT2D eigenvalue weighted by molar-refractivity contribution is 5.99. The van der Waals surface area contributed by atoms with Crippen LogP contribution >= 0.6 is 0 Å². The van der Waals surface area contributed by atoms with E-state index in [1.807, 2.05) is 30.3 Å². The zero-order valence-corrected chi connectivity index (χ0v) is 15.3. The fourth-order valence-corrected chi connectivity index (χ4v) is 3.09. The quantitative estimate of drug-likeness (QED) is 0.863. The van der Waals surface area contributed by atoms with Gasteiger partial charge in [-0.3, -0.25) is 4.79 Å². The van der Waals surface area contributed by atoms with E-state index in [0.717, 1.165) is 36.6 Å². The monoisotopic (exact) mass is 355 g/mol. The first-order chi connectivity index (χ1) is 12.7. The second-order valence-electron chi connectivity index (χ2n) is 6.18. The van der Waals surface area contributed by atoms with Crippen LogP contribution in [0.1, 0.15) is 35.3 Å². The molecule has 1 aromatic heterocycles. The Morgan fingerprint density at radius 2 is 2.00 bits per heavy atom. The van der Waals surface area contributed by atoms with Crippen LogP contribution < -0.4 is 15.0 Å². The molecule has 0 saturated carbocycles. The van der Waals surface area contributed by atoms with Crippen molar-refractivity contribution in [3.63, 3.8) is 0 Å².